The molecule has 136 valence electrons. The molecule has 0 spiro atoms. The van der Waals surface area contributed by atoms with Gasteiger partial charge in [-0.1, -0.05) is 26.0 Å². The molecular formula is C23H20O3S. The number of fused-ring (bicyclic) bond motifs is 1. The number of ether oxygens (including phenoxy) is 1. The molecular weight excluding hydrogens is 356 g/mol. The zero-order chi connectivity index (χ0) is 19.0. The van der Waals surface area contributed by atoms with Gasteiger partial charge in [0, 0.05) is 10.1 Å². The van der Waals surface area contributed by atoms with Crippen LogP contribution in [0.25, 0.3) is 20.5 Å². The van der Waals surface area contributed by atoms with Crippen molar-refractivity contribution in [3.8, 4) is 33.4 Å². The molecule has 0 fully saturated rings. The molecule has 3 aromatic carbocycles. The third kappa shape index (κ3) is 3.49. The van der Waals surface area contributed by atoms with Crippen LogP contribution < -0.4 is 4.74 Å². The zero-order valence-electron chi connectivity index (χ0n) is 15.1. The van der Waals surface area contributed by atoms with Gasteiger partial charge in [-0.2, -0.15) is 0 Å². The highest BCUT2D eigenvalue weighted by Crippen LogP contribution is 2.47. The van der Waals surface area contributed by atoms with Crippen LogP contribution in [0, 0.1) is 0 Å². The number of phenols is 2. The van der Waals surface area contributed by atoms with E-state index < -0.39 is 0 Å². The summed E-state index contributed by atoms with van der Waals surface area (Å²) in [5.74, 6) is 2.46. The van der Waals surface area contributed by atoms with Crippen LogP contribution in [0.3, 0.4) is 0 Å². The van der Waals surface area contributed by atoms with Gasteiger partial charge in [0.05, 0.1) is 4.88 Å². The summed E-state index contributed by atoms with van der Waals surface area (Å²) in [4.78, 5) is 0.962. The Kier molecular flexibility index (Phi) is 4.50. The minimum atomic E-state index is 0.226. The van der Waals surface area contributed by atoms with Crippen LogP contribution in [0.5, 0.6) is 23.0 Å². The fourth-order valence-corrected chi connectivity index (χ4v) is 4.17. The van der Waals surface area contributed by atoms with Gasteiger partial charge < -0.3 is 14.9 Å². The van der Waals surface area contributed by atoms with Crippen LogP contribution in [0.2, 0.25) is 0 Å². The lowest BCUT2D eigenvalue weighted by atomic mass is 10.0. The maximum Gasteiger partial charge on any atom is 0.153 e. The highest BCUT2D eigenvalue weighted by atomic mass is 32.1. The van der Waals surface area contributed by atoms with Crippen LogP contribution in [0.15, 0.2) is 66.7 Å². The van der Waals surface area contributed by atoms with Gasteiger partial charge in [-0.3, -0.25) is 0 Å². The topological polar surface area (TPSA) is 49.7 Å². The first-order chi connectivity index (χ1) is 13.0. The first-order valence-corrected chi connectivity index (χ1v) is 9.65. The molecule has 0 bridgehead atoms. The molecule has 0 amide bonds. The number of phenolic OH excluding ortho intramolecular Hbond substituents is 2. The van der Waals surface area contributed by atoms with Gasteiger partial charge >= 0.3 is 0 Å². The summed E-state index contributed by atoms with van der Waals surface area (Å²) in [5.41, 5.74) is 2.23. The van der Waals surface area contributed by atoms with Crippen molar-refractivity contribution in [3.05, 3.63) is 72.3 Å². The predicted octanol–water partition coefficient (Wildman–Crippen LogP) is 6.90. The lowest BCUT2D eigenvalue weighted by Crippen LogP contribution is -1.89. The third-order valence-corrected chi connectivity index (χ3v) is 5.71. The van der Waals surface area contributed by atoms with E-state index in [0.29, 0.717) is 5.92 Å². The number of benzene rings is 3. The van der Waals surface area contributed by atoms with Crippen molar-refractivity contribution in [1.82, 2.24) is 0 Å². The molecule has 0 radical (unpaired) electrons. The molecule has 0 saturated heterocycles. The summed E-state index contributed by atoms with van der Waals surface area (Å²) >= 11 is 1.56. The van der Waals surface area contributed by atoms with Crippen molar-refractivity contribution in [2.75, 3.05) is 0 Å². The van der Waals surface area contributed by atoms with Gasteiger partial charge in [0.1, 0.15) is 17.2 Å². The number of aromatic hydroxyl groups is 2. The first-order valence-electron chi connectivity index (χ1n) is 8.84. The molecule has 27 heavy (non-hydrogen) atoms. The SMILES string of the molecule is CC(C)c1ccc(Oc2c(-c3ccc(O)cc3)sc3cc(O)ccc23)cc1. The highest BCUT2D eigenvalue weighted by molar-refractivity contribution is 7.22. The lowest BCUT2D eigenvalue weighted by molar-refractivity contribution is 0.475. The van der Waals surface area contributed by atoms with Gasteiger partial charge in [-0.05, 0) is 71.6 Å². The van der Waals surface area contributed by atoms with E-state index in [2.05, 4.69) is 26.0 Å². The fraction of sp³-hybridized carbons (Fsp3) is 0.130. The summed E-state index contributed by atoms with van der Waals surface area (Å²) in [6.45, 7) is 4.33. The Morgan fingerprint density at radius 1 is 0.815 bits per heavy atom. The van der Waals surface area contributed by atoms with E-state index in [0.717, 1.165) is 32.0 Å². The monoisotopic (exact) mass is 376 g/mol. The van der Waals surface area contributed by atoms with Crippen LogP contribution >= 0.6 is 11.3 Å². The highest BCUT2D eigenvalue weighted by Gasteiger charge is 2.17. The molecule has 0 aliphatic carbocycles. The molecule has 4 aromatic rings. The molecule has 4 rings (SSSR count). The molecule has 3 nitrogen and oxygen atoms in total. The summed E-state index contributed by atoms with van der Waals surface area (Å²) in [5, 5.41) is 20.4. The lowest BCUT2D eigenvalue weighted by Gasteiger charge is -2.10. The van der Waals surface area contributed by atoms with Gasteiger partial charge in [-0.25, -0.2) is 0 Å². The van der Waals surface area contributed by atoms with Crippen LogP contribution in [0.1, 0.15) is 25.3 Å². The average molecular weight is 376 g/mol. The average Bonchev–Trinajstić information content (AvgIpc) is 3.00. The second kappa shape index (κ2) is 6.97. The van der Waals surface area contributed by atoms with Gasteiger partial charge in [-0.15, -0.1) is 11.3 Å². The van der Waals surface area contributed by atoms with Crippen molar-refractivity contribution in [2.45, 2.75) is 19.8 Å². The second-order valence-electron chi connectivity index (χ2n) is 6.81. The summed E-state index contributed by atoms with van der Waals surface area (Å²) in [6, 6.07) is 20.5. The molecule has 0 aliphatic rings. The second-order valence-corrected chi connectivity index (χ2v) is 7.87. The number of thiophene rings is 1. The maximum atomic E-state index is 9.84. The summed E-state index contributed by atoms with van der Waals surface area (Å²) in [7, 11) is 0. The van der Waals surface area contributed by atoms with Crippen molar-refractivity contribution in [3.63, 3.8) is 0 Å². The predicted molar refractivity (Wildman–Crippen MR) is 111 cm³/mol. The Hall–Kier alpha value is -2.98. The molecule has 2 N–H and O–H groups in total. The van der Waals surface area contributed by atoms with Crippen LogP contribution in [-0.4, -0.2) is 10.2 Å². The maximum absolute atomic E-state index is 9.84. The van der Waals surface area contributed by atoms with Crippen LogP contribution in [-0.2, 0) is 0 Å². The van der Waals surface area contributed by atoms with E-state index in [1.165, 1.54) is 5.56 Å². The van der Waals surface area contributed by atoms with Crippen molar-refractivity contribution >= 4 is 21.4 Å². The van der Waals surface area contributed by atoms with Crippen molar-refractivity contribution in [1.29, 1.82) is 0 Å². The first kappa shape index (κ1) is 17.4. The smallest absolute Gasteiger partial charge is 0.153 e. The number of hydrogen-bond donors (Lipinski definition) is 2. The standard InChI is InChI=1S/C23H20O3S/c1-14(2)15-5-10-19(11-6-15)26-22-20-12-9-18(25)13-21(20)27-23(22)16-3-7-17(24)8-4-16/h3-14,24-25H,1-2H3. The summed E-state index contributed by atoms with van der Waals surface area (Å²) in [6.07, 6.45) is 0. The molecule has 0 aliphatic heterocycles. The van der Waals surface area contributed by atoms with E-state index in [-0.39, 0.29) is 11.5 Å². The van der Waals surface area contributed by atoms with E-state index in [1.807, 2.05) is 30.3 Å². The quantitative estimate of drug-likeness (QED) is 0.407. The Labute approximate surface area is 162 Å². The molecule has 0 saturated carbocycles. The van der Waals surface area contributed by atoms with Gasteiger partial charge in [0.25, 0.3) is 0 Å². The van der Waals surface area contributed by atoms with E-state index in [9.17, 15) is 10.2 Å². The summed E-state index contributed by atoms with van der Waals surface area (Å²) < 4.78 is 7.24. The van der Waals surface area contributed by atoms with E-state index in [4.69, 9.17) is 4.74 Å². The number of rotatable bonds is 4. The Bertz CT molecular complexity index is 1080. The fourth-order valence-electron chi connectivity index (χ4n) is 3.00. The molecule has 0 unspecified atom stereocenters. The largest absolute Gasteiger partial charge is 0.508 e. The third-order valence-electron chi connectivity index (χ3n) is 4.52. The number of hydrogen-bond acceptors (Lipinski definition) is 4. The minimum absolute atomic E-state index is 0.226. The normalized spacial score (nSPS) is 11.2. The Morgan fingerprint density at radius 3 is 2.15 bits per heavy atom. The van der Waals surface area contributed by atoms with E-state index >= 15 is 0 Å². The van der Waals surface area contributed by atoms with Gasteiger partial charge in [0.15, 0.2) is 5.75 Å². The minimum Gasteiger partial charge on any atom is -0.508 e. The molecule has 1 aromatic heterocycles. The van der Waals surface area contributed by atoms with Crippen LogP contribution in [0.4, 0.5) is 0 Å². The van der Waals surface area contributed by atoms with Crippen molar-refractivity contribution < 1.29 is 14.9 Å². The zero-order valence-corrected chi connectivity index (χ0v) is 16.0. The van der Waals surface area contributed by atoms with E-state index in [1.54, 1.807) is 35.6 Å². The van der Waals surface area contributed by atoms with Crippen molar-refractivity contribution in [2.24, 2.45) is 0 Å². The molecule has 1 heterocycles. The Balaban J connectivity index is 1.81. The molecule has 4 heteroatoms. The molecule has 0 atom stereocenters. The van der Waals surface area contributed by atoms with Gasteiger partial charge in [0.2, 0.25) is 0 Å². The Morgan fingerprint density at radius 2 is 1.48 bits per heavy atom.